The molecule has 0 unspecified atom stereocenters. The van der Waals surface area contributed by atoms with Crippen LogP contribution >= 0.6 is 0 Å². The molecule has 1 saturated carbocycles. The molecule has 0 aromatic heterocycles. The number of hydrogen-bond acceptors (Lipinski definition) is 2. The lowest BCUT2D eigenvalue weighted by Gasteiger charge is -2.26. The van der Waals surface area contributed by atoms with E-state index >= 15 is 0 Å². The molecule has 0 saturated heterocycles. The van der Waals surface area contributed by atoms with Crippen LogP contribution in [-0.4, -0.2) is 13.4 Å². The van der Waals surface area contributed by atoms with Gasteiger partial charge in [-0.25, -0.2) is 0 Å². The van der Waals surface area contributed by atoms with Crippen LogP contribution in [0.25, 0.3) is 0 Å². The molecule has 0 heterocycles. The van der Waals surface area contributed by atoms with E-state index in [0.29, 0.717) is 11.8 Å². The third kappa shape index (κ3) is 4.76. The zero-order valence-corrected chi connectivity index (χ0v) is 11.0. The Morgan fingerprint density at radius 3 is 2.53 bits per heavy atom. The van der Waals surface area contributed by atoms with Crippen LogP contribution in [0.3, 0.4) is 0 Å². The van der Waals surface area contributed by atoms with E-state index in [1.807, 2.05) is 0 Å². The molecule has 0 N–H and O–H groups in total. The molecular weight excluding hydrogens is 212 g/mol. The highest BCUT2D eigenvalue weighted by Crippen LogP contribution is 2.33. The summed E-state index contributed by atoms with van der Waals surface area (Å²) in [5.41, 5.74) is 0.823. The molecule has 1 fully saturated rings. The first-order valence-corrected chi connectivity index (χ1v) is 6.66. The van der Waals surface area contributed by atoms with Gasteiger partial charge in [-0.1, -0.05) is 25.5 Å². The van der Waals surface area contributed by atoms with Gasteiger partial charge in [-0.3, -0.25) is 4.79 Å². The van der Waals surface area contributed by atoms with Gasteiger partial charge >= 0.3 is 0 Å². The van der Waals surface area contributed by atoms with E-state index in [4.69, 9.17) is 4.74 Å². The summed E-state index contributed by atoms with van der Waals surface area (Å²) in [5, 5.41) is 0. The Labute approximate surface area is 105 Å². The molecule has 0 radical (unpaired) electrons. The zero-order chi connectivity index (χ0) is 12.5. The molecule has 0 bridgehead atoms. The Bertz CT molecular complexity index is 271. The number of carbonyl (C=O) groups is 1. The minimum absolute atomic E-state index is 0.406. The fourth-order valence-corrected chi connectivity index (χ4v) is 2.46. The lowest BCUT2D eigenvalue weighted by atomic mass is 9.79. The molecule has 1 aliphatic carbocycles. The van der Waals surface area contributed by atoms with Gasteiger partial charge in [0.25, 0.3) is 0 Å². The molecule has 0 amide bonds. The first-order chi connectivity index (χ1) is 8.31. The fourth-order valence-electron chi connectivity index (χ4n) is 2.46. The van der Waals surface area contributed by atoms with E-state index in [9.17, 15) is 4.79 Å². The van der Waals surface area contributed by atoms with Gasteiger partial charge in [0.1, 0.15) is 6.29 Å². The van der Waals surface area contributed by atoms with Crippen molar-refractivity contribution in [2.24, 2.45) is 11.8 Å². The molecule has 2 nitrogen and oxygen atoms in total. The summed E-state index contributed by atoms with van der Waals surface area (Å²) in [6.07, 6.45) is 14.2. The van der Waals surface area contributed by atoms with Gasteiger partial charge in [-0.15, -0.1) is 0 Å². The van der Waals surface area contributed by atoms with Gasteiger partial charge in [0.15, 0.2) is 0 Å². The molecule has 0 aromatic carbocycles. The zero-order valence-electron chi connectivity index (χ0n) is 11.0. The van der Waals surface area contributed by atoms with Crippen LogP contribution in [0, 0.1) is 11.8 Å². The molecule has 96 valence electrons. The predicted molar refractivity (Wildman–Crippen MR) is 70.7 cm³/mol. The van der Waals surface area contributed by atoms with E-state index in [0.717, 1.165) is 24.7 Å². The SMILES string of the molecule is CCCC=C[C@H]1CC[C@H](C(C=O)=COC)CC1. The number of ether oxygens (including phenoxy) is 1. The maximum atomic E-state index is 10.9. The van der Waals surface area contributed by atoms with Crippen LogP contribution in [0.2, 0.25) is 0 Å². The van der Waals surface area contributed by atoms with E-state index in [1.165, 1.54) is 25.7 Å². The van der Waals surface area contributed by atoms with Crippen molar-refractivity contribution in [1.29, 1.82) is 0 Å². The molecule has 1 aliphatic rings. The largest absolute Gasteiger partial charge is 0.504 e. The van der Waals surface area contributed by atoms with Crippen LogP contribution in [0.4, 0.5) is 0 Å². The summed E-state index contributed by atoms with van der Waals surface area (Å²) in [6.45, 7) is 2.20. The maximum absolute atomic E-state index is 10.9. The topological polar surface area (TPSA) is 26.3 Å². The number of aldehydes is 1. The van der Waals surface area contributed by atoms with Crippen molar-refractivity contribution in [3.63, 3.8) is 0 Å². The van der Waals surface area contributed by atoms with Crippen LogP contribution in [0.15, 0.2) is 24.0 Å². The second kappa shape index (κ2) is 8.10. The number of methoxy groups -OCH3 is 1. The summed E-state index contributed by atoms with van der Waals surface area (Å²) in [4.78, 5) is 10.9. The molecular formula is C15H24O2. The van der Waals surface area contributed by atoms with Gasteiger partial charge < -0.3 is 4.74 Å². The van der Waals surface area contributed by atoms with Gasteiger partial charge in [0.2, 0.25) is 0 Å². The van der Waals surface area contributed by atoms with E-state index in [1.54, 1.807) is 13.4 Å². The summed E-state index contributed by atoms with van der Waals surface area (Å²) < 4.78 is 4.95. The molecule has 1 rings (SSSR count). The first-order valence-electron chi connectivity index (χ1n) is 6.66. The van der Waals surface area contributed by atoms with Crippen molar-refractivity contribution in [1.82, 2.24) is 0 Å². The third-order valence-electron chi connectivity index (χ3n) is 3.50. The van der Waals surface area contributed by atoms with Gasteiger partial charge in [-0.05, 0) is 43.9 Å². The second-order valence-electron chi connectivity index (χ2n) is 4.80. The summed E-state index contributed by atoms with van der Waals surface area (Å²) >= 11 is 0. The quantitative estimate of drug-likeness (QED) is 0.303. The Morgan fingerprint density at radius 1 is 1.29 bits per heavy atom. The van der Waals surface area contributed by atoms with Gasteiger partial charge in [-0.2, -0.15) is 0 Å². The smallest absolute Gasteiger partial charge is 0.149 e. The minimum atomic E-state index is 0.406. The minimum Gasteiger partial charge on any atom is -0.504 e. The Balaban J connectivity index is 2.39. The lowest BCUT2D eigenvalue weighted by Crippen LogP contribution is -2.15. The van der Waals surface area contributed by atoms with Gasteiger partial charge in [0, 0.05) is 5.57 Å². The van der Waals surface area contributed by atoms with Crippen molar-refractivity contribution in [2.45, 2.75) is 45.4 Å². The normalized spacial score (nSPS) is 26.1. The molecule has 2 heteroatoms. The fraction of sp³-hybridized carbons (Fsp3) is 0.667. The third-order valence-corrected chi connectivity index (χ3v) is 3.50. The van der Waals surface area contributed by atoms with Crippen molar-refractivity contribution >= 4 is 6.29 Å². The van der Waals surface area contributed by atoms with Crippen molar-refractivity contribution < 1.29 is 9.53 Å². The number of rotatable bonds is 6. The molecule has 0 aromatic rings. The monoisotopic (exact) mass is 236 g/mol. The Kier molecular flexibility index (Phi) is 6.68. The van der Waals surface area contributed by atoms with Crippen molar-refractivity contribution in [2.75, 3.05) is 7.11 Å². The summed E-state index contributed by atoms with van der Waals surface area (Å²) in [6, 6.07) is 0. The highest BCUT2D eigenvalue weighted by Gasteiger charge is 2.22. The van der Waals surface area contributed by atoms with Crippen LogP contribution in [0.1, 0.15) is 45.4 Å². The Morgan fingerprint density at radius 2 is 2.00 bits per heavy atom. The van der Waals surface area contributed by atoms with Crippen molar-refractivity contribution in [3.8, 4) is 0 Å². The highest BCUT2D eigenvalue weighted by molar-refractivity contribution is 5.73. The first kappa shape index (κ1) is 14.0. The standard InChI is InChI=1S/C15H24O2/c1-3-4-5-6-13-7-9-14(10-8-13)15(11-16)12-17-2/h5-6,11-14H,3-4,7-10H2,1-2H3/t13-,14-. The second-order valence-corrected chi connectivity index (χ2v) is 4.80. The number of unbranched alkanes of at least 4 members (excludes halogenated alkanes) is 1. The summed E-state index contributed by atoms with van der Waals surface area (Å²) in [5.74, 6) is 1.12. The summed E-state index contributed by atoms with van der Waals surface area (Å²) in [7, 11) is 1.60. The number of allylic oxidation sites excluding steroid dienone is 3. The van der Waals surface area contributed by atoms with Gasteiger partial charge in [0.05, 0.1) is 13.4 Å². The lowest BCUT2D eigenvalue weighted by molar-refractivity contribution is -0.105. The molecule has 0 atom stereocenters. The average molecular weight is 236 g/mol. The molecule has 17 heavy (non-hydrogen) atoms. The van der Waals surface area contributed by atoms with Crippen LogP contribution < -0.4 is 0 Å². The Hall–Kier alpha value is -1.05. The van der Waals surface area contributed by atoms with E-state index in [-0.39, 0.29) is 0 Å². The predicted octanol–water partition coefficient (Wildman–Crippen LogP) is 3.88. The highest BCUT2D eigenvalue weighted by atomic mass is 16.5. The van der Waals surface area contributed by atoms with Crippen LogP contribution in [-0.2, 0) is 9.53 Å². The van der Waals surface area contributed by atoms with E-state index in [2.05, 4.69) is 19.1 Å². The number of carbonyl (C=O) groups excluding carboxylic acids is 1. The maximum Gasteiger partial charge on any atom is 0.149 e. The molecule has 0 spiro atoms. The number of hydrogen-bond donors (Lipinski definition) is 0. The van der Waals surface area contributed by atoms with E-state index < -0.39 is 0 Å². The van der Waals surface area contributed by atoms with Crippen LogP contribution in [0.5, 0.6) is 0 Å². The van der Waals surface area contributed by atoms with Crippen molar-refractivity contribution in [3.05, 3.63) is 24.0 Å². The molecule has 0 aliphatic heterocycles. The average Bonchev–Trinajstić information content (AvgIpc) is 2.37.